The van der Waals surface area contributed by atoms with Gasteiger partial charge < -0.3 is 15.6 Å². The van der Waals surface area contributed by atoms with Crippen molar-refractivity contribution in [1.29, 1.82) is 0 Å². The summed E-state index contributed by atoms with van der Waals surface area (Å²) in [5, 5.41) is 2.25. The van der Waals surface area contributed by atoms with Crippen LogP contribution in [0, 0.1) is 6.92 Å². The van der Waals surface area contributed by atoms with Crippen molar-refractivity contribution in [2.24, 2.45) is 0 Å². The van der Waals surface area contributed by atoms with E-state index in [2.05, 4.69) is 10.1 Å². The van der Waals surface area contributed by atoms with Gasteiger partial charge in [0.15, 0.2) is 6.04 Å². The van der Waals surface area contributed by atoms with Crippen molar-refractivity contribution < 1.29 is 22.7 Å². The summed E-state index contributed by atoms with van der Waals surface area (Å²) in [6, 6.07) is 10.9. The predicted octanol–water partition coefficient (Wildman–Crippen LogP) is 4.32. The maximum Gasteiger partial charge on any atom is 0.412 e. The summed E-state index contributed by atoms with van der Waals surface area (Å²) in [6.07, 6.45) is -0.863. The molecule has 0 aromatic heterocycles. The second-order valence-corrected chi connectivity index (χ2v) is 9.72. The molecule has 0 spiro atoms. The lowest BCUT2D eigenvalue weighted by Crippen LogP contribution is -2.40. The molecule has 2 aromatic rings. The highest BCUT2D eigenvalue weighted by molar-refractivity contribution is 8.06. The van der Waals surface area contributed by atoms with E-state index in [4.69, 9.17) is 16.3 Å². The monoisotopic (exact) mass is 435 g/mol. The summed E-state index contributed by atoms with van der Waals surface area (Å²) in [6.45, 7) is 6.84. The molecule has 2 rings (SSSR count). The number of amides is 1. The lowest BCUT2D eigenvalue weighted by Gasteiger charge is -2.22. The molecule has 0 aliphatic rings. The Morgan fingerprint density at radius 1 is 1.10 bits per heavy atom. The van der Waals surface area contributed by atoms with Crippen LogP contribution < -0.4 is 5.32 Å². The summed E-state index contributed by atoms with van der Waals surface area (Å²) in [4.78, 5) is 15.3. The third kappa shape index (κ3) is 5.90. The van der Waals surface area contributed by atoms with E-state index in [0.29, 0.717) is 10.6 Å². The molecule has 0 aliphatic heterocycles. The molecule has 0 radical (unpaired) electrons. The molecule has 2 aromatic carbocycles. The Labute approximate surface area is 175 Å². The molecule has 0 fully saturated rings. The van der Waals surface area contributed by atoms with E-state index in [0.717, 1.165) is 5.56 Å². The highest BCUT2D eigenvalue weighted by Gasteiger charge is 2.41. The third-order valence-electron chi connectivity index (χ3n) is 3.82. The molecule has 1 amide bonds. The van der Waals surface area contributed by atoms with Crippen LogP contribution in [0.15, 0.2) is 53.4 Å². The normalized spacial score (nSPS) is 12.6. The maximum absolute atomic E-state index is 13.1. The Morgan fingerprint density at radius 3 is 2.14 bits per heavy atom. The van der Waals surface area contributed by atoms with E-state index < -0.39 is 32.6 Å². The average Bonchev–Trinajstić information content (AvgIpc) is 2.61. The Balaban J connectivity index is 2.52. The Kier molecular flexibility index (Phi) is 6.85. The van der Waals surface area contributed by atoms with E-state index in [1.807, 2.05) is 6.92 Å². The fourth-order valence-corrected chi connectivity index (χ4v) is 3.95. The first kappa shape index (κ1) is 22.6. The van der Waals surface area contributed by atoms with E-state index in [-0.39, 0.29) is 4.90 Å². The number of carbonyl (C=O) groups is 1. The van der Waals surface area contributed by atoms with Crippen molar-refractivity contribution in [2.45, 2.75) is 44.2 Å². The van der Waals surface area contributed by atoms with Gasteiger partial charge in [0.25, 0.3) is 9.84 Å². The number of carbonyl (C=O) groups excluding carboxylic acids is 1. The van der Waals surface area contributed by atoms with Gasteiger partial charge in [-0.15, -0.1) is 0 Å². The maximum atomic E-state index is 13.1. The molecule has 0 heterocycles. The summed E-state index contributed by atoms with van der Waals surface area (Å²) < 4.78 is 31.5. The molecule has 1 N–H and O–H groups in total. The number of halogens is 1. The topological polar surface area (TPSA) is 109 Å². The lowest BCUT2D eigenvalue weighted by molar-refractivity contribution is -0.00686. The Bertz CT molecular complexity index is 1040. The average molecular weight is 436 g/mol. The van der Waals surface area contributed by atoms with Crippen LogP contribution in [0.2, 0.25) is 5.02 Å². The van der Waals surface area contributed by atoms with Crippen LogP contribution in [0.3, 0.4) is 0 Å². The van der Waals surface area contributed by atoms with Gasteiger partial charge in [-0.2, -0.15) is 4.79 Å². The number of aryl methyl sites for hydroxylation is 1. The first-order valence-electron chi connectivity index (χ1n) is 8.73. The number of nitrogens with zero attached hydrogens (tertiary/aromatic N) is 2. The van der Waals surface area contributed by atoms with Crippen LogP contribution in [0.1, 0.15) is 37.9 Å². The molecular weight excluding hydrogens is 414 g/mol. The summed E-state index contributed by atoms with van der Waals surface area (Å²) >= 11 is 5.91. The standard InChI is InChI=1S/C20H22ClN3O4S/c1-13-5-11-16(12-6-13)29(26,27)18(24-22)17(14-7-9-15(21)10-8-14)23-19(25)28-20(2,3)4/h5-12,17H,1-4H3,(H,23,25)/t17-/m1/s1. The van der Waals surface area contributed by atoms with Crippen LogP contribution in [0.25, 0.3) is 5.53 Å². The fourth-order valence-electron chi connectivity index (χ4n) is 2.47. The molecule has 9 heteroatoms. The molecule has 1 atom stereocenters. The molecule has 0 saturated heterocycles. The molecule has 0 aliphatic carbocycles. The number of hydrogen-bond donors (Lipinski definition) is 1. The van der Waals surface area contributed by atoms with Gasteiger partial charge in [-0.3, -0.25) is 0 Å². The van der Waals surface area contributed by atoms with Gasteiger partial charge in [-0.25, -0.2) is 13.2 Å². The molecule has 7 nitrogen and oxygen atoms in total. The van der Waals surface area contributed by atoms with Crippen LogP contribution >= 0.6 is 11.6 Å². The third-order valence-corrected chi connectivity index (χ3v) is 5.83. The van der Waals surface area contributed by atoms with Crippen molar-refractivity contribution in [3.05, 3.63) is 70.2 Å². The summed E-state index contributed by atoms with van der Waals surface area (Å²) in [7, 11) is -4.22. The number of rotatable bonds is 4. The zero-order chi connectivity index (χ0) is 21.8. The number of sulfone groups is 1. The summed E-state index contributed by atoms with van der Waals surface area (Å²) in [5.74, 6) is 0. The van der Waals surface area contributed by atoms with E-state index in [9.17, 15) is 18.7 Å². The van der Waals surface area contributed by atoms with Crippen molar-refractivity contribution in [3.63, 3.8) is 0 Å². The zero-order valence-electron chi connectivity index (χ0n) is 16.5. The van der Waals surface area contributed by atoms with E-state index >= 15 is 0 Å². The zero-order valence-corrected chi connectivity index (χ0v) is 18.1. The largest absolute Gasteiger partial charge is 0.444 e. The van der Waals surface area contributed by atoms with Crippen LogP contribution in [-0.2, 0) is 14.6 Å². The lowest BCUT2D eigenvalue weighted by atomic mass is 10.1. The van der Waals surface area contributed by atoms with Crippen LogP contribution in [-0.4, -0.2) is 29.9 Å². The molecule has 0 saturated carbocycles. The van der Waals surface area contributed by atoms with Crippen molar-refractivity contribution >= 4 is 32.6 Å². The second-order valence-electron chi connectivity index (χ2n) is 7.39. The number of ether oxygens (including phenoxy) is 1. The van der Waals surface area contributed by atoms with Crippen molar-refractivity contribution in [3.8, 4) is 0 Å². The van der Waals surface area contributed by atoms with Crippen molar-refractivity contribution in [2.75, 3.05) is 0 Å². The molecule has 29 heavy (non-hydrogen) atoms. The van der Waals surface area contributed by atoms with Gasteiger partial charge in [0.1, 0.15) is 5.60 Å². The predicted molar refractivity (Wildman–Crippen MR) is 111 cm³/mol. The number of benzene rings is 2. The Morgan fingerprint density at radius 2 is 1.66 bits per heavy atom. The fraction of sp³-hybridized carbons (Fsp3) is 0.300. The minimum atomic E-state index is -4.22. The first-order chi connectivity index (χ1) is 13.4. The van der Waals surface area contributed by atoms with Gasteiger partial charge in [0.05, 0.1) is 4.90 Å². The minimum absolute atomic E-state index is 0.0687. The minimum Gasteiger partial charge on any atom is -0.444 e. The van der Waals surface area contributed by atoms with Crippen molar-refractivity contribution in [1.82, 2.24) is 5.32 Å². The number of hydrogen-bond acceptors (Lipinski definition) is 4. The second kappa shape index (κ2) is 8.78. The van der Waals surface area contributed by atoms with Gasteiger partial charge in [0, 0.05) is 5.02 Å². The number of alkyl carbamates (subject to hydrolysis) is 1. The molecular formula is C20H22ClN3O4S. The summed E-state index contributed by atoms with van der Waals surface area (Å²) in [5.41, 5.74) is 10.0. The van der Waals surface area contributed by atoms with Crippen LogP contribution in [0.5, 0.6) is 0 Å². The molecule has 0 bridgehead atoms. The van der Waals surface area contributed by atoms with Gasteiger partial charge >= 0.3 is 11.1 Å². The smallest absolute Gasteiger partial charge is 0.412 e. The van der Waals surface area contributed by atoms with Gasteiger partial charge in [-0.05, 0) is 57.5 Å². The highest BCUT2D eigenvalue weighted by atomic mass is 35.5. The Hall–Kier alpha value is -2.67. The number of nitrogens with one attached hydrogen (secondary N) is 1. The quantitative estimate of drug-likeness (QED) is 0.334. The van der Waals surface area contributed by atoms with Gasteiger partial charge in [-0.1, -0.05) is 41.4 Å². The molecule has 0 unspecified atom stereocenters. The first-order valence-corrected chi connectivity index (χ1v) is 10.6. The van der Waals surface area contributed by atoms with E-state index in [1.165, 1.54) is 36.4 Å². The SMILES string of the molecule is Cc1ccc(S(=O)(=O)C(=[N+]=[N-])[C@H](NC(=O)OC(C)(C)C)c2ccc(Cl)cc2)cc1. The highest BCUT2D eigenvalue weighted by Crippen LogP contribution is 2.24. The van der Waals surface area contributed by atoms with Crippen LogP contribution in [0.4, 0.5) is 4.79 Å². The molecule has 154 valence electrons. The van der Waals surface area contributed by atoms with Gasteiger partial charge in [0.2, 0.25) is 0 Å². The van der Waals surface area contributed by atoms with E-state index in [1.54, 1.807) is 32.9 Å².